The van der Waals surface area contributed by atoms with Crippen LogP contribution in [-0.2, 0) is 0 Å². The highest BCUT2D eigenvalue weighted by atomic mass is 16.5. The van der Waals surface area contributed by atoms with Crippen LogP contribution in [0.15, 0.2) is 33.9 Å². The number of oxime groups is 1. The number of hydrogen-bond acceptors (Lipinski definition) is 6. The van der Waals surface area contributed by atoms with Crippen LogP contribution in [-0.4, -0.2) is 50.2 Å². The summed E-state index contributed by atoms with van der Waals surface area (Å²) in [6.07, 6.45) is -0.247. The first-order valence-electron chi connectivity index (χ1n) is 7.19. The highest BCUT2D eigenvalue weighted by Gasteiger charge is 2.31. The van der Waals surface area contributed by atoms with E-state index >= 15 is 0 Å². The van der Waals surface area contributed by atoms with E-state index in [1.165, 1.54) is 4.90 Å². The molecule has 0 unspecified atom stereocenters. The Bertz CT molecular complexity index is 738. The van der Waals surface area contributed by atoms with Crippen molar-refractivity contribution in [3.8, 4) is 11.4 Å². The molecule has 2 N–H and O–H groups in total. The molecule has 1 aliphatic heterocycles. The lowest BCUT2D eigenvalue weighted by Crippen LogP contribution is -2.26. The third-order valence-electron chi connectivity index (χ3n) is 3.96. The third-order valence-corrected chi connectivity index (χ3v) is 3.96. The molecular weight excluding hydrogens is 300 g/mol. The first kappa shape index (κ1) is 15.0. The second kappa shape index (κ2) is 6.07. The topological polar surface area (TPSA) is 112 Å². The van der Waals surface area contributed by atoms with Gasteiger partial charge in [0, 0.05) is 18.7 Å². The van der Waals surface area contributed by atoms with Crippen molar-refractivity contribution >= 4 is 11.8 Å². The second-order valence-corrected chi connectivity index (χ2v) is 5.43. The third kappa shape index (κ3) is 3.01. The van der Waals surface area contributed by atoms with Crippen molar-refractivity contribution in [1.29, 1.82) is 0 Å². The monoisotopic (exact) mass is 316 g/mol. The number of rotatable bonds is 3. The predicted molar refractivity (Wildman–Crippen MR) is 80.7 cm³/mol. The summed E-state index contributed by atoms with van der Waals surface area (Å²) in [4.78, 5) is 16.7. The van der Waals surface area contributed by atoms with Gasteiger partial charge in [0.1, 0.15) is 0 Å². The van der Waals surface area contributed by atoms with Crippen LogP contribution >= 0.6 is 0 Å². The molecule has 120 valence electrons. The van der Waals surface area contributed by atoms with E-state index < -0.39 is 6.09 Å². The molecule has 0 bridgehead atoms. The van der Waals surface area contributed by atoms with Crippen molar-refractivity contribution in [2.75, 3.05) is 13.1 Å². The van der Waals surface area contributed by atoms with Gasteiger partial charge in [0.2, 0.25) is 11.7 Å². The quantitative estimate of drug-likeness (QED) is 0.511. The lowest BCUT2D eigenvalue weighted by molar-refractivity contribution is 0.154. The Kier molecular flexibility index (Phi) is 3.96. The lowest BCUT2D eigenvalue weighted by Gasteiger charge is -2.09. The van der Waals surface area contributed by atoms with Gasteiger partial charge in [-0.15, -0.1) is 0 Å². The summed E-state index contributed by atoms with van der Waals surface area (Å²) >= 11 is 0. The summed E-state index contributed by atoms with van der Waals surface area (Å²) in [5.74, 6) is 0.857. The van der Waals surface area contributed by atoms with Gasteiger partial charge in [-0.05, 0) is 18.9 Å². The van der Waals surface area contributed by atoms with Crippen LogP contribution in [0.2, 0.25) is 0 Å². The molecule has 0 spiro atoms. The molecule has 0 radical (unpaired) electrons. The fourth-order valence-corrected chi connectivity index (χ4v) is 2.57. The number of aromatic nitrogens is 2. The molecule has 1 atom stereocenters. The van der Waals surface area contributed by atoms with Crippen LogP contribution in [0.25, 0.3) is 11.4 Å². The van der Waals surface area contributed by atoms with Gasteiger partial charge in [0.05, 0.1) is 11.6 Å². The Morgan fingerprint density at radius 3 is 2.74 bits per heavy atom. The van der Waals surface area contributed by atoms with Crippen LogP contribution in [0, 0.1) is 0 Å². The maximum Gasteiger partial charge on any atom is 0.407 e. The molecule has 8 nitrogen and oxygen atoms in total. The largest absolute Gasteiger partial charge is 0.465 e. The lowest BCUT2D eigenvalue weighted by atomic mass is 10.1. The number of carboxylic acid groups (broad SMARTS) is 1. The average Bonchev–Trinajstić information content (AvgIpc) is 3.23. The van der Waals surface area contributed by atoms with Crippen molar-refractivity contribution in [2.45, 2.75) is 19.3 Å². The van der Waals surface area contributed by atoms with E-state index in [9.17, 15) is 4.79 Å². The fraction of sp³-hybridized carbons (Fsp3) is 0.333. The highest BCUT2D eigenvalue weighted by molar-refractivity contribution is 5.98. The Labute approximate surface area is 132 Å². The minimum Gasteiger partial charge on any atom is -0.465 e. The van der Waals surface area contributed by atoms with Gasteiger partial charge < -0.3 is 19.7 Å². The summed E-state index contributed by atoms with van der Waals surface area (Å²) in [7, 11) is 0. The molecular formula is C15H16N4O4. The average molecular weight is 316 g/mol. The highest BCUT2D eigenvalue weighted by Crippen LogP contribution is 2.27. The summed E-state index contributed by atoms with van der Waals surface area (Å²) in [5.41, 5.74) is 2.10. The molecule has 8 heteroatoms. The van der Waals surface area contributed by atoms with E-state index in [2.05, 4.69) is 15.3 Å². The molecule has 1 aromatic carbocycles. The van der Waals surface area contributed by atoms with Gasteiger partial charge >= 0.3 is 6.09 Å². The number of amides is 1. The Morgan fingerprint density at radius 2 is 2.13 bits per heavy atom. The van der Waals surface area contributed by atoms with Crippen molar-refractivity contribution in [2.24, 2.45) is 5.16 Å². The number of carbonyl (C=O) groups is 1. The maximum absolute atomic E-state index is 10.9. The first-order valence-corrected chi connectivity index (χ1v) is 7.19. The number of hydrogen-bond donors (Lipinski definition) is 2. The zero-order valence-electron chi connectivity index (χ0n) is 12.5. The minimum atomic E-state index is -0.927. The molecule has 1 fully saturated rings. The van der Waals surface area contributed by atoms with E-state index in [1.54, 1.807) is 6.92 Å². The van der Waals surface area contributed by atoms with E-state index in [-0.39, 0.29) is 5.92 Å². The minimum absolute atomic E-state index is 0.0598. The Hall–Kier alpha value is -2.90. The second-order valence-electron chi connectivity index (χ2n) is 5.43. The van der Waals surface area contributed by atoms with Crippen molar-refractivity contribution in [3.63, 3.8) is 0 Å². The molecule has 3 rings (SSSR count). The molecule has 2 aromatic rings. The van der Waals surface area contributed by atoms with Gasteiger partial charge in [-0.2, -0.15) is 4.98 Å². The first-order chi connectivity index (χ1) is 11.1. The van der Waals surface area contributed by atoms with Crippen LogP contribution in [0.1, 0.15) is 30.7 Å². The predicted octanol–water partition coefficient (Wildman–Crippen LogP) is 2.40. The summed E-state index contributed by atoms with van der Waals surface area (Å²) < 4.78 is 5.29. The zero-order valence-corrected chi connectivity index (χ0v) is 12.5. The van der Waals surface area contributed by atoms with E-state index in [1.807, 2.05) is 24.3 Å². The number of nitrogens with zero attached hydrogens (tertiary/aromatic N) is 4. The molecule has 1 amide bonds. The number of benzene rings is 1. The molecule has 1 aliphatic rings. The van der Waals surface area contributed by atoms with Crippen molar-refractivity contribution < 1.29 is 19.6 Å². The Balaban J connectivity index is 1.76. The van der Waals surface area contributed by atoms with Gasteiger partial charge in [-0.25, -0.2) is 4.79 Å². The molecule has 2 heterocycles. The van der Waals surface area contributed by atoms with Gasteiger partial charge in [-0.1, -0.05) is 34.6 Å². The smallest absolute Gasteiger partial charge is 0.407 e. The molecule has 0 aliphatic carbocycles. The van der Waals surface area contributed by atoms with E-state index in [0.29, 0.717) is 36.9 Å². The van der Waals surface area contributed by atoms with Crippen molar-refractivity contribution in [3.05, 3.63) is 35.7 Å². The van der Waals surface area contributed by atoms with Crippen molar-refractivity contribution in [1.82, 2.24) is 15.0 Å². The van der Waals surface area contributed by atoms with Gasteiger partial charge in [0.15, 0.2) is 0 Å². The standard InChI is InChI=1S/C15H16N4O4/c1-9(17-22)10-2-4-11(5-3-10)13-16-14(23-18-13)12-6-7-19(8-12)15(20)21/h2-5,12,22H,6-8H2,1H3,(H,20,21)/b17-9+/t12-/m1/s1. The van der Waals surface area contributed by atoms with Crippen LogP contribution in [0.4, 0.5) is 4.79 Å². The molecule has 1 aromatic heterocycles. The number of likely N-dealkylation sites (tertiary alicyclic amines) is 1. The normalized spacial score (nSPS) is 18.4. The van der Waals surface area contributed by atoms with Crippen LogP contribution in [0.5, 0.6) is 0 Å². The zero-order chi connectivity index (χ0) is 16.4. The summed E-state index contributed by atoms with van der Waals surface area (Å²) in [5, 5.41) is 24.9. The van der Waals surface area contributed by atoms with Crippen LogP contribution in [0.3, 0.4) is 0 Å². The van der Waals surface area contributed by atoms with E-state index in [0.717, 1.165) is 11.1 Å². The molecule has 0 saturated carbocycles. The SMILES string of the molecule is C/C(=N\O)c1ccc(-c2noc([C@@H]3CCN(C(=O)O)C3)n2)cc1. The maximum atomic E-state index is 10.9. The van der Waals surface area contributed by atoms with Gasteiger partial charge in [-0.3, -0.25) is 0 Å². The molecule has 1 saturated heterocycles. The summed E-state index contributed by atoms with van der Waals surface area (Å²) in [6.45, 7) is 2.56. The summed E-state index contributed by atoms with van der Waals surface area (Å²) in [6, 6.07) is 7.25. The Morgan fingerprint density at radius 1 is 1.39 bits per heavy atom. The molecule has 23 heavy (non-hydrogen) atoms. The fourth-order valence-electron chi connectivity index (χ4n) is 2.57. The van der Waals surface area contributed by atoms with Gasteiger partial charge in [0.25, 0.3) is 0 Å². The van der Waals surface area contributed by atoms with Crippen LogP contribution < -0.4 is 0 Å². The van der Waals surface area contributed by atoms with E-state index in [4.69, 9.17) is 14.8 Å².